The maximum atomic E-state index is 14.6. The second-order valence-corrected chi connectivity index (χ2v) is 7.46. The van der Waals surface area contributed by atoms with Crippen LogP contribution in [0.3, 0.4) is 0 Å². The predicted molar refractivity (Wildman–Crippen MR) is 110 cm³/mol. The Balaban J connectivity index is 1.59. The highest BCUT2D eigenvalue weighted by atomic mass is 32.1. The number of hydrogen-bond donors (Lipinski definition) is 3. The fourth-order valence-electron chi connectivity index (χ4n) is 3.10. The van der Waals surface area contributed by atoms with Gasteiger partial charge in [-0.15, -0.1) is 0 Å². The molecule has 27 heavy (non-hydrogen) atoms. The largest absolute Gasteiger partial charge is 0.393 e. The lowest BCUT2D eigenvalue weighted by Crippen LogP contribution is -2.37. The Labute approximate surface area is 163 Å². The minimum atomic E-state index is -0.259. The number of aliphatic hydroxyl groups is 1. The van der Waals surface area contributed by atoms with Crippen molar-refractivity contribution >= 4 is 23.0 Å². The van der Waals surface area contributed by atoms with Crippen LogP contribution in [0, 0.1) is 5.82 Å². The van der Waals surface area contributed by atoms with Gasteiger partial charge in [0, 0.05) is 26.2 Å². The van der Waals surface area contributed by atoms with Crippen molar-refractivity contribution in [1.82, 2.24) is 10.6 Å². The summed E-state index contributed by atoms with van der Waals surface area (Å²) in [5, 5.41) is 20.2. The van der Waals surface area contributed by atoms with E-state index in [0.29, 0.717) is 44.7 Å². The maximum Gasteiger partial charge on any atom is 0.191 e. The number of anilines is 1. The molecule has 0 spiro atoms. The highest BCUT2D eigenvalue weighted by Gasteiger charge is 2.19. The first-order chi connectivity index (χ1) is 13.2. The van der Waals surface area contributed by atoms with Gasteiger partial charge >= 0.3 is 0 Å². The Hall–Kier alpha value is -2.12. The van der Waals surface area contributed by atoms with Crippen LogP contribution < -0.4 is 15.5 Å². The van der Waals surface area contributed by atoms with Crippen molar-refractivity contribution in [1.29, 1.82) is 0 Å². The quantitative estimate of drug-likeness (QED) is 0.524. The van der Waals surface area contributed by atoms with Crippen LogP contribution in [0.15, 0.2) is 40.0 Å². The molecule has 0 unspecified atom stereocenters. The van der Waals surface area contributed by atoms with Crippen LogP contribution >= 0.6 is 11.3 Å². The first-order valence-corrected chi connectivity index (χ1v) is 10.3. The molecule has 7 heteroatoms. The Morgan fingerprint density at radius 3 is 2.74 bits per heavy atom. The van der Waals surface area contributed by atoms with Crippen molar-refractivity contribution in [2.75, 3.05) is 24.5 Å². The van der Waals surface area contributed by atoms with Crippen LogP contribution in [0.2, 0.25) is 0 Å². The van der Waals surface area contributed by atoms with E-state index in [1.54, 1.807) is 17.4 Å². The topological polar surface area (TPSA) is 59.9 Å². The monoisotopic (exact) mass is 390 g/mol. The van der Waals surface area contributed by atoms with Crippen LogP contribution in [-0.2, 0) is 13.1 Å². The normalized spacial score (nSPS) is 15.8. The van der Waals surface area contributed by atoms with E-state index in [1.165, 1.54) is 5.56 Å². The van der Waals surface area contributed by atoms with Gasteiger partial charge in [-0.2, -0.15) is 11.3 Å². The Bertz CT molecular complexity index is 742. The van der Waals surface area contributed by atoms with E-state index < -0.39 is 0 Å². The molecule has 1 aromatic carbocycles. The summed E-state index contributed by atoms with van der Waals surface area (Å²) in [6.45, 7) is 5.29. The molecule has 1 aliphatic rings. The fourth-order valence-corrected chi connectivity index (χ4v) is 3.76. The molecule has 2 aromatic rings. The third kappa shape index (κ3) is 5.68. The molecule has 3 N–H and O–H groups in total. The van der Waals surface area contributed by atoms with Crippen molar-refractivity contribution in [2.45, 2.75) is 39.0 Å². The second-order valence-electron chi connectivity index (χ2n) is 6.68. The number of nitrogens with zero attached hydrogens (tertiary/aromatic N) is 2. The molecule has 0 amide bonds. The SMILES string of the molecule is CCNC(=NCc1ccsc1)NCc1ccc(N2CCC(O)CC2)c(F)c1. The van der Waals surface area contributed by atoms with E-state index in [2.05, 4.69) is 27.1 Å². The molecule has 0 radical (unpaired) electrons. The first kappa shape index (κ1) is 19.6. The molecule has 1 fully saturated rings. The molecule has 0 aliphatic carbocycles. The van der Waals surface area contributed by atoms with Gasteiger partial charge in [0.25, 0.3) is 0 Å². The van der Waals surface area contributed by atoms with Crippen LogP contribution in [0.25, 0.3) is 0 Å². The van der Waals surface area contributed by atoms with E-state index in [9.17, 15) is 9.50 Å². The molecule has 1 aliphatic heterocycles. The summed E-state index contributed by atoms with van der Waals surface area (Å²) >= 11 is 1.66. The summed E-state index contributed by atoms with van der Waals surface area (Å²) in [6.07, 6.45) is 1.12. The zero-order valence-electron chi connectivity index (χ0n) is 15.6. The van der Waals surface area contributed by atoms with Gasteiger partial charge in [0.2, 0.25) is 0 Å². The smallest absolute Gasteiger partial charge is 0.191 e. The van der Waals surface area contributed by atoms with Gasteiger partial charge in [-0.3, -0.25) is 0 Å². The average Bonchev–Trinajstić information content (AvgIpc) is 3.19. The fraction of sp³-hybridized carbons (Fsp3) is 0.450. The lowest BCUT2D eigenvalue weighted by atomic mass is 10.1. The molecule has 5 nitrogen and oxygen atoms in total. The summed E-state index contributed by atoms with van der Waals surface area (Å²) in [5.41, 5.74) is 2.66. The van der Waals surface area contributed by atoms with Gasteiger partial charge in [-0.1, -0.05) is 6.07 Å². The van der Waals surface area contributed by atoms with Gasteiger partial charge in [-0.05, 0) is 59.9 Å². The molecule has 1 aromatic heterocycles. The Kier molecular flexibility index (Phi) is 7.06. The number of thiophene rings is 1. The van der Waals surface area contributed by atoms with Gasteiger partial charge in [-0.25, -0.2) is 9.38 Å². The molecule has 0 saturated carbocycles. The van der Waals surface area contributed by atoms with Crippen LogP contribution in [0.1, 0.15) is 30.9 Å². The molecular formula is C20H27FN4OS. The first-order valence-electron chi connectivity index (χ1n) is 9.40. The lowest BCUT2D eigenvalue weighted by Gasteiger charge is -2.31. The minimum absolute atomic E-state index is 0.217. The maximum absolute atomic E-state index is 14.6. The third-order valence-electron chi connectivity index (χ3n) is 4.62. The molecule has 0 bridgehead atoms. The van der Waals surface area contributed by atoms with E-state index in [1.807, 2.05) is 29.3 Å². The van der Waals surface area contributed by atoms with Crippen molar-refractivity contribution < 1.29 is 9.50 Å². The van der Waals surface area contributed by atoms with E-state index >= 15 is 0 Å². The lowest BCUT2D eigenvalue weighted by molar-refractivity contribution is 0.145. The van der Waals surface area contributed by atoms with Crippen molar-refractivity contribution in [3.8, 4) is 0 Å². The number of nitrogens with one attached hydrogen (secondary N) is 2. The number of hydrogen-bond acceptors (Lipinski definition) is 4. The second kappa shape index (κ2) is 9.71. The number of halogens is 1. The zero-order chi connectivity index (χ0) is 19.1. The zero-order valence-corrected chi connectivity index (χ0v) is 16.4. The van der Waals surface area contributed by atoms with Gasteiger partial charge < -0.3 is 20.6 Å². The molecule has 3 rings (SSSR count). The molecule has 146 valence electrons. The number of piperidine rings is 1. The summed E-state index contributed by atoms with van der Waals surface area (Å²) in [5.74, 6) is 0.504. The molecular weight excluding hydrogens is 363 g/mol. The number of rotatable bonds is 6. The number of aliphatic imine (C=N–C) groups is 1. The molecule has 0 atom stereocenters. The highest BCUT2D eigenvalue weighted by Crippen LogP contribution is 2.24. The third-order valence-corrected chi connectivity index (χ3v) is 5.35. The standard InChI is InChI=1S/C20H27FN4OS/c1-2-22-20(24-13-16-7-10-27-14-16)23-12-15-3-4-19(18(21)11-15)25-8-5-17(26)6-9-25/h3-4,7,10-11,14,17,26H,2,5-6,8-9,12-13H2,1H3,(H2,22,23,24). The molecule has 1 saturated heterocycles. The number of benzene rings is 1. The summed E-state index contributed by atoms with van der Waals surface area (Å²) in [7, 11) is 0. The van der Waals surface area contributed by atoms with E-state index in [0.717, 1.165) is 18.1 Å². The van der Waals surface area contributed by atoms with Gasteiger partial charge in [0.15, 0.2) is 5.96 Å². The Morgan fingerprint density at radius 1 is 1.26 bits per heavy atom. The van der Waals surface area contributed by atoms with Crippen molar-refractivity contribution in [3.63, 3.8) is 0 Å². The van der Waals surface area contributed by atoms with Gasteiger partial charge in [0.05, 0.1) is 18.3 Å². The number of guanidine groups is 1. The summed E-state index contributed by atoms with van der Waals surface area (Å²) in [4.78, 5) is 6.57. The average molecular weight is 391 g/mol. The van der Waals surface area contributed by atoms with Crippen LogP contribution in [0.4, 0.5) is 10.1 Å². The summed E-state index contributed by atoms with van der Waals surface area (Å²) < 4.78 is 14.6. The highest BCUT2D eigenvalue weighted by molar-refractivity contribution is 7.07. The summed E-state index contributed by atoms with van der Waals surface area (Å²) in [6, 6.07) is 7.42. The minimum Gasteiger partial charge on any atom is -0.393 e. The molecule has 2 heterocycles. The van der Waals surface area contributed by atoms with Crippen molar-refractivity contribution in [3.05, 3.63) is 52.0 Å². The van der Waals surface area contributed by atoms with Crippen LogP contribution in [0.5, 0.6) is 0 Å². The number of aliphatic hydroxyl groups excluding tert-OH is 1. The van der Waals surface area contributed by atoms with E-state index in [-0.39, 0.29) is 11.9 Å². The van der Waals surface area contributed by atoms with Gasteiger partial charge in [0.1, 0.15) is 5.82 Å². The predicted octanol–water partition coefficient (Wildman–Crippen LogP) is 3.10. The van der Waals surface area contributed by atoms with Crippen LogP contribution in [-0.4, -0.2) is 36.8 Å². The Morgan fingerprint density at radius 2 is 2.07 bits per heavy atom. The van der Waals surface area contributed by atoms with E-state index in [4.69, 9.17) is 0 Å². The van der Waals surface area contributed by atoms with Crippen molar-refractivity contribution in [2.24, 2.45) is 4.99 Å².